The Morgan fingerprint density at radius 3 is 2.59 bits per heavy atom. The Balaban J connectivity index is 1.32. The van der Waals surface area contributed by atoms with E-state index >= 15 is 0 Å². The molecule has 170 valence electrons. The summed E-state index contributed by atoms with van der Waals surface area (Å²) < 4.78 is 40.3. The predicted octanol–water partition coefficient (Wildman–Crippen LogP) is 3.43. The normalized spacial score (nSPS) is 22.3. The molecule has 32 heavy (non-hydrogen) atoms. The van der Waals surface area contributed by atoms with Crippen molar-refractivity contribution in [2.24, 2.45) is 0 Å². The largest absolute Gasteiger partial charge is 0.419 e. The van der Waals surface area contributed by atoms with Crippen LogP contribution >= 0.6 is 0 Å². The van der Waals surface area contributed by atoms with Gasteiger partial charge < -0.3 is 15.5 Å². The fraction of sp³-hybridized carbons (Fsp3) is 0.524. The maximum absolute atomic E-state index is 12.7. The minimum Gasteiger partial charge on any atom is -0.350 e. The van der Waals surface area contributed by atoms with Crippen LogP contribution in [0.1, 0.15) is 49.4 Å². The molecule has 11 heteroatoms. The summed E-state index contributed by atoms with van der Waals surface area (Å²) in [5.41, 5.74) is 1.17. The summed E-state index contributed by atoms with van der Waals surface area (Å²) >= 11 is 0. The second kappa shape index (κ2) is 8.53. The molecule has 1 unspecified atom stereocenters. The molecular formula is C21H25F3N8. The number of hydrogen-bond acceptors (Lipinski definition) is 7. The summed E-state index contributed by atoms with van der Waals surface area (Å²) in [5.74, 6) is 1.05. The van der Waals surface area contributed by atoms with Crippen LogP contribution in [0.3, 0.4) is 0 Å². The molecule has 2 saturated heterocycles. The topological polar surface area (TPSA) is 83.3 Å². The average molecular weight is 446 g/mol. The molecule has 3 aromatic rings. The Bertz CT molecular complexity index is 1060. The van der Waals surface area contributed by atoms with Gasteiger partial charge in [-0.25, -0.2) is 15.0 Å². The van der Waals surface area contributed by atoms with E-state index in [9.17, 15) is 13.2 Å². The fourth-order valence-electron chi connectivity index (χ4n) is 4.53. The smallest absolute Gasteiger partial charge is 0.350 e. The van der Waals surface area contributed by atoms with Crippen LogP contribution in [0, 0.1) is 0 Å². The maximum Gasteiger partial charge on any atom is 0.419 e. The lowest BCUT2D eigenvalue weighted by molar-refractivity contribution is -0.138. The molecule has 0 aromatic carbocycles. The van der Waals surface area contributed by atoms with Crippen molar-refractivity contribution >= 4 is 17.4 Å². The fourth-order valence-corrected chi connectivity index (χ4v) is 4.53. The quantitative estimate of drug-likeness (QED) is 0.635. The van der Waals surface area contributed by atoms with Gasteiger partial charge in [-0.15, -0.1) is 0 Å². The Morgan fingerprint density at radius 1 is 1.00 bits per heavy atom. The molecule has 2 N–H and O–H groups in total. The van der Waals surface area contributed by atoms with Gasteiger partial charge in [0.1, 0.15) is 0 Å². The van der Waals surface area contributed by atoms with Crippen LogP contribution in [0.5, 0.6) is 0 Å². The highest BCUT2D eigenvalue weighted by Crippen LogP contribution is 2.29. The number of nitrogens with zero attached hydrogens (tertiary/aromatic N) is 6. The van der Waals surface area contributed by atoms with E-state index in [0.717, 1.165) is 61.9 Å². The van der Waals surface area contributed by atoms with Gasteiger partial charge in [0.15, 0.2) is 0 Å². The van der Waals surface area contributed by atoms with Crippen LogP contribution in [-0.2, 0) is 6.18 Å². The number of halogens is 3. The second-order valence-electron chi connectivity index (χ2n) is 8.35. The SMILES string of the molecule is FC(F)(F)c1cnc(N[C@@H]2CCCN(c3ncc4c(C5CCCCN5)nccn34)C2)nc1. The van der Waals surface area contributed by atoms with Gasteiger partial charge >= 0.3 is 6.18 Å². The van der Waals surface area contributed by atoms with Gasteiger partial charge in [0.2, 0.25) is 11.9 Å². The maximum atomic E-state index is 12.7. The number of anilines is 2. The number of alkyl halides is 3. The molecule has 0 spiro atoms. The Labute approximate surface area is 183 Å². The number of imidazole rings is 1. The molecule has 0 radical (unpaired) electrons. The van der Waals surface area contributed by atoms with E-state index in [1.54, 1.807) is 0 Å². The summed E-state index contributed by atoms with van der Waals surface area (Å²) in [4.78, 5) is 19.2. The van der Waals surface area contributed by atoms with Crippen LogP contribution in [0.15, 0.2) is 31.0 Å². The lowest BCUT2D eigenvalue weighted by Crippen LogP contribution is -2.43. The first kappa shape index (κ1) is 20.9. The number of hydrogen-bond donors (Lipinski definition) is 2. The third-order valence-electron chi connectivity index (χ3n) is 6.13. The van der Waals surface area contributed by atoms with Crippen LogP contribution in [0.2, 0.25) is 0 Å². The number of aromatic nitrogens is 5. The molecule has 5 heterocycles. The van der Waals surface area contributed by atoms with Gasteiger partial charge in [0.05, 0.1) is 29.0 Å². The lowest BCUT2D eigenvalue weighted by atomic mass is 10.0. The van der Waals surface area contributed by atoms with Gasteiger partial charge in [-0.1, -0.05) is 6.42 Å². The van der Waals surface area contributed by atoms with E-state index in [1.807, 2.05) is 18.6 Å². The lowest BCUT2D eigenvalue weighted by Gasteiger charge is -2.33. The van der Waals surface area contributed by atoms with E-state index in [1.165, 1.54) is 12.8 Å². The first-order valence-corrected chi connectivity index (χ1v) is 10.9. The highest BCUT2D eigenvalue weighted by Gasteiger charge is 2.31. The third-order valence-corrected chi connectivity index (χ3v) is 6.13. The number of nitrogens with one attached hydrogen (secondary N) is 2. The van der Waals surface area contributed by atoms with Gasteiger partial charge in [-0.05, 0) is 32.2 Å². The minimum atomic E-state index is -4.44. The predicted molar refractivity (Wildman–Crippen MR) is 113 cm³/mol. The molecule has 0 amide bonds. The summed E-state index contributed by atoms with van der Waals surface area (Å²) in [5, 5.41) is 6.72. The van der Waals surface area contributed by atoms with Crippen LogP contribution < -0.4 is 15.5 Å². The Hall–Kier alpha value is -2.95. The van der Waals surface area contributed by atoms with Crippen molar-refractivity contribution in [2.75, 3.05) is 29.9 Å². The second-order valence-corrected chi connectivity index (χ2v) is 8.35. The van der Waals surface area contributed by atoms with Crippen LogP contribution in [0.4, 0.5) is 25.1 Å². The molecule has 0 bridgehead atoms. The summed E-state index contributed by atoms with van der Waals surface area (Å²) in [7, 11) is 0. The zero-order chi connectivity index (χ0) is 22.1. The third kappa shape index (κ3) is 4.21. The molecule has 5 rings (SSSR count). The summed E-state index contributed by atoms with van der Waals surface area (Å²) in [6.45, 7) is 2.51. The molecule has 2 atom stereocenters. The van der Waals surface area contributed by atoms with Crippen LogP contribution in [0.25, 0.3) is 5.52 Å². The Morgan fingerprint density at radius 2 is 1.84 bits per heavy atom. The summed E-state index contributed by atoms with van der Waals surface area (Å²) in [6, 6.07) is 0.249. The molecular weight excluding hydrogens is 421 g/mol. The zero-order valence-electron chi connectivity index (χ0n) is 17.5. The molecule has 8 nitrogen and oxygen atoms in total. The Kier molecular flexibility index (Phi) is 5.58. The van der Waals surface area contributed by atoms with Crippen molar-refractivity contribution in [3.8, 4) is 0 Å². The van der Waals surface area contributed by atoms with Gasteiger partial charge in [0.25, 0.3) is 0 Å². The van der Waals surface area contributed by atoms with Crippen molar-refractivity contribution < 1.29 is 13.2 Å². The van der Waals surface area contributed by atoms with E-state index in [-0.39, 0.29) is 18.0 Å². The molecule has 3 aromatic heterocycles. The van der Waals surface area contributed by atoms with Crippen molar-refractivity contribution in [1.82, 2.24) is 29.7 Å². The first-order valence-electron chi connectivity index (χ1n) is 10.9. The van der Waals surface area contributed by atoms with E-state index in [0.29, 0.717) is 6.54 Å². The van der Waals surface area contributed by atoms with Crippen molar-refractivity contribution in [3.05, 3.63) is 42.2 Å². The number of fused-ring (bicyclic) bond motifs is 1. The molecule has 2 aliphatic heterocycles. The monoisotopic (exact) mass is 446 g/mol. The van der Waals surface area contributed by atoms with E-state index in [2.05, 4.69) is 34.9 Å². The van der Waals surface area contributed by atoms with E-state index < -0.39 is 11.7 Å². The first-order chi connectivity index (χ1) is 15.5. The van der Waals surface area contributed by atoms with Gasteiger partial charge in [-0.3, -0.25) is 9.38 Å². The van der Waals surface area contributed by atoms with Crippen molar-refractivity contribution in [2.45, 2.75) is 50.4 Å². The number of piperidine rings is 2. The minimum absolute atomic E-state index is 0.00848. The summed E-state index contributed by atoms with van der Waals surface area (Å²) in [6.07, 6.45) is 8.06. The molecule has 2 fully saturated rings. The van der Waals surface area contributed by atoms with E-state index in [4.69, 9.17) is 4.98 Å². The van der Waals surface area contributed by atoms with Gasteiger partial charge in [0, 0.05) is 43.9 Å². The van der Waals surface area contributed by atoms with Crippen molar-refractivity contribution in [3.63, 3.8) is 0 Å². The average Bonchev–Trinajstić information content (AvgIpc) is 3.24. The highest BCUT2D eigenvalue weighted by atomic mass is 19.4. The molecule has 0 saturated carbocycles. The molecule has 0 aliphatic carbocycles. The standard InChI is InChI=1S/C21H25F3N8/c22-21(23,24)14-10-27-19(28-11-14)30-15-4-3-8-31(13-15)20-29-12-17-18(26-7-9-32(17)20)16-5-1-2-6-25-16/h7,9-12,15-16,25H,1-6,8,13H2,(H,27,28,30)/t15-,16?/m1/s1. The van der Waals surface area contributed by atoms with Gasteiger partial charge in [-0.2, -0.15) is 13.2 Å². The zero-order valence-corrected chi connectivity index (χ0v) is 17.5. The van der Waals surface area contributed by atoms with Crippen LogP contribution in [-0.4, -0.2) is 50.0 Å². The van der Waals surface area contributed by atoms with Crippen molar-refractivity contribution in [1.29, 1.82) is 0 Å². The highest BCUT2D eigenvalue weighted by molar-refractivity contribution is 5.57. The number of rotatable bonds is 4. The molecule has 2 aliphatic rings.